The smallest absolute Gasteiger partial charge is 0.275 e. The highest BCUT2D eigenvalue weighted by Crippen LogP contribution is 2.18. The molecule has 0 fully saturated rings. The molecule has 0 unspecified atom stereocenters. The molecule has 3 heterocycles. The summed E-state index contributed by atoms with van der Waals surface area (Å²) in [6.07, 6.45) is 0. The summed E-state index contributed by atoms with van der Waals surface area (Å²) in [6.45, 7) is 5.27. The van der Waals surface area contributed by atoms with Crippen LogP contribution in [0.15, 0.2) is 35.1 Å². The first-order valence-electron chi connectivity index (χ1n) is 7.65. The second-order valence-corrected chi connectivity index (χ2v) is 6.52. The quantitative estimate of drug-likeness (QED) is 0.616. The number of rotatable bonds is 4. The fourth-order valence-electron chi connectivity index (χ4n) is 2.74. The molecule has 0 saturated heterocycles. The molecule has 1 aromatic carbocycles. The van der Waals surface area contributed by atoms with Gasteiger partial charge in [0, 0.05) is 24.8 Å². The van der Waals surface area contributed by atoms with E-state index in [1.165, 1.54) is 21.9 Å². The van der Waals surface area contributed by atoms with Crippen LogP contribution in [0.1, 0.15) is 11.5 Å². The van der Waals surface area contributed by atoms with Gasteiger partial charge in [0.2, 0.25) is 10.1 Å². The molecule has 0 saturated carbocycles. The molecule has 0 amide bonds. The lowest BCUT2D eigenvalue weighted by atomic mass is 10.3. The fraction of sp³-hybridized carbons (Fsp3) is 0.250. The van der Waals surface area contributed by atoms with Crippen LogP contribution in [0.5, 0.6) is 0 Å². The number of para-hydroxylation sites is 2. The Labute approximate surface area is 141 Å². The van der Waals surface area contributed by atoms with Crippen molar-refractivity contribution in [1.29, 1.82) is 0 Å². The van der Waals surface area contributed by atoms with Crippen molar-refractivity contribution in [3.63, 3.8) is 0 Å². The number of benzene rings is 1. The number of hydrogen-bond acceptors (Lipinski definition) is 6. The summed E-state index contributed by atoms with van der Waals surface area (Å²) in [5, 5.41) is 8.24. The van der Waals surface area contributed by atoms with E-state index in [1.807, 2.05) is 25.1 Å². The molecule has 0 aliphatic heterocycles. The van der Waals surface area contributed by atoms with Gasteiger partial charge >= 0.3 is 0 Å². The van der Waals surface area contributed by atoms with E-state index in [0.717, 1.165) is 23.4 Å². The van der Waals surface area contributed by atoms with Gasteiger partial charge in [-0.1, -0.05) is 23.5 Å². The maximum absolute atomic E-state index is 11.9. The topological polar surface area (TPSA) is 77.1 Å². The molecule has 4 rings (SSSR count). The van der Waals surface area contributed by atoms with Crippen molar-refractivity contribution in [2.24, 2.45) is 0 Å². The molecular weight excluding hydrogens is 324 g/mol. The molecule has 122 valence electrons. The first-order valence-corrected chi connectivity index (χ1v) is 8.47. The summed E-state index contributed by atoms with van der Waals surface area (Å²) in [5.74, 6) is 0.982. The van der Waals surface area contributed by atoms with Crippen LogP contribution in [-0.4, -0.2) is 30.7 Å². The molecule has 0 atom stereocenters. The second kappa shape index (κ2) is 5.72. The number of imidazole rings is 1. The summed E-state index contributed by atoms with van der Waals surface area (Å²) in [5.41, 5.74) is 2.67. The van der Waals surface area contributed by atoms with Gasteiger partial charge in [0.15, 0.2) is 0 Å². The molecule has 0 radical (unpaired) electrons. The summed E-state index contributed by atoms with van der Waals surface area (Å²) in [7, 11) is 0. The fourth-order valence-corrected chi connectivity index (χ4v) is 3.62. The van der Waals surface area contributed by atoms with Crippen molar-refractivity contribution in [2.75, 3.05) is 11.9 Å². The minimum Gasteiger partial charge on any atom is -0.358 e. The van der Waals surface area contributed by atoms with E-state index in [1.54, 1.807) is 6.92 Å². The summed E-state index contributed by atoms with van der Waals surface area (Å²) in [4.78, 5) is 21.4. The van der Waals surface area contributed by atoms with E-state index in [2.05, 4.69) is 31.0 Å². The normalized spacial score (nSPS) is 11.4. The first kappa shape index (κ1) is 14.8. The highest BCUT2D eigenvalue weighted by atomic mass is 32.1. The summed E-state index contributed by atoms with van der Waals surface area (Å²) in [6, 6.07) is 9.57. The lowest BCUT2D eigenvalue weighted by molar-refractivity contribution is 0.719. The Bertz CT molecular complexity index is 1090. The van der Waals surface area contributed by atoms with E-state index >= 15 is 0 Å². The maximum atomic E-state index is 11.9. The van der Waals surface area contributed by atoms with Gasteiger partial charge in [-0.25, -0.2) is 9.97 Å². The largest absolute Gasteiger partial charge is 0.358 e. The van der Waals surface area contributed by atoms with Crippen molar-refractivity contribution < 1.29 is 0 Å². The Balaban J connectivity index is 1.54. The van der Waals surface area contributed by atoms with Crippen molar-refractivity contribution in [2.45, 2.75) is 20.4 Å². The van der Waals surface area contributed by atoms with Crippen LogP contribution in [0.3, 0.4) is 0 Å². The van der Waals surface area contributed by atoms with Crippen LogP contribution >= 0.6 is 11.3 Å². The van der Waals surface area contributed by atoms with Crippen molar-refractivity contribution in [3.8, 4) is 0 Å². The SMILES string of the molecule is Cc1cc(=O)n2nc(NCCn3c(C)nc4ccccc43)sc2n1. The van der Waals surface area contributed by atoms with Gasteiger partial charge in [0.25, 0.3) is 5.56 Å². The van der Waals surface area contributed by atoms with Crippen molar-refractivity contribution in [3.05, 3.63) is 52.2 Å². The van der Waals surface area contributed by atoms with Gasteiger partial charge in [-0.15, -0.1) is 5.10 Å². The highest BCUT2D eigenvalue weighted by Gasteiger charge is 2.09. The van der Waals surface area contributed by atoms with E-state index in [9.17, 15) is 4.79 Å². The van der Waals surface area contributed by atoms with Crippen LogP contribution in [0.25, 0.3) is 16.0 Å². The Morgan fingerprint density at radius 3 is 2.92 bits per heavy atom. The zero-order valence-corrected chi connectivity index (χ0v) is 14.2. The Hall–Kier alpha value is -2.74. The summed E-state index contributed by atoms with van der Waals surface area (Å²) < 4.78 is 3.50. The van der Waals surface area contributed by atoms with E-state index in [0.29, 0.717) is 22.3 Å². The van der Waals surface area contributed by atoms with E-state index in [4.69, 9.17) is 0 Å². The molecule has 1 N–H and O–H groups in total. The second-order valence-electron chi connectivity index (χ2n) is 5.56. The molecule has 8 heteroatoms. The molecule has 0 aliphatic rings. The Morgan fingerprint density at radius 1 is 1.21 bits per heavy atom. The zero-order chi connectivity index (χ0) is 16.7. The standard InChI is InChI=1S/C16H16N6OS/c1-10-9-14(23)22-16(18-10)24-15(20-22)17-7-8-21-11(2)19-12-5-3-4-6-13(12)21/h3-6,9H,7-8H2,1-2H3,(H,17,20). The lowest BCUT2D eigenvalue weighted by Crippen LogP contribution is -2.15. The third-order valence-electron chi connectivity index (χ3n) is 3.83. The molecule has 3 aromatic heterocycles. The van der Waals surface area contributed by atoms with Crippen molar-refractivity contribution >= 4 is 32.5 Å². The highest BCUT2D eigenvalue weighted by molar-refractivity contribution is 7.20. The Morgan fingerprint density at radius 2 is 2.04 bits per heavy atom. The molecular formula is C16H16N6OS. The molecule has 0 bridgehead atoms. The number of hydrogen-bond donors (Lipinski definition) is 1. The third-order valence-corrected chi connectivity index (χ3v) is 4.70. The van der Waals surface area contributed by atoms with E-state index in [-0.39, 0.29) is 5.56 Å². The van der Waals surface area contributed by atoms with Crippen LogP contribution < -0.4 is 10.9 Å². The predicted molar refractivity (Wildman–Crippen MR) is 94.8 cm³/mol. The van der Waals surface area contributed by atoms with Gasteiger partial charge in [-0.3, -0.25) is 4.79 Å². The Kier molecular flexibility index (Phi) is 3.53. The third kappa shape index (κ3) is 2.54. The van der Waals surface area contributed by atoms with Gasteiger partial charge in [0.1, 0.15) is 5.82 Å². The van der Waals surface area contributed by atoms with Gasteiger partial charge in [-0.2, -0.15) is 4.52 Å². The monoisotopic (exact) mass is 340 g/mol. The minimum absolute atomic E-state index is 0.154. The number of fused-ring (bicyclic) bond motifs is 2. The van der Waals surface area contributed by atoms with Gasteiger partial charge < -0.3 is 9.88 Å². The number of anilines is 1. The van der Waals surface area contributed by atoms with Crippen LogP contribution in [0, 0.1) is 13.8 Å². The molecule has 7 nitrogen and oxygen atoms in total. The van der Waals surface area contributed by atoms with Crippen molar-refractivity contribution in [1.82, 2.24) is 24.1 Å². The van der Waals surface area contributed by atoms with Gasteiger partial charge in [0.05, 0.1) is 11.0 Å². The van der Waals surface area contributed by atoms with Gasteiger partial charge in [-0.05, 0) is 26.0 Å². The average molecular weight is 340 g/mol. The van der Waals surface area contributed by atoms with E-state index < -0.39 is 0 Å². The van der Waals surface area contributed by atoms with Crippen LogP contribution in [0.2, 0.25) is 0 Å². The zero-order valence-electron chi connectivity index (χ0n) is 13.4. The number of nitrogens with zero attached hydrogens (tertiary/aromatic N) is 5. The maximum Gasteiger partial charge on any atom is 0.275 e. The first-order chi connectivity index (χ1) is 11.6. The van der Waals surface area contributed by atoms with Crippen LogP contribution in [0.4, 0.5) is 5.13 Å². The molecule has 4 aromatic rings. The molecule has 0 aliphatic carbocycles. The summed E-state index contributed by atoms with van der Waals surface area (Å²) >= 11 is 1.38. The van der Waals surface area contributed by atoms with Crippen LogP contribution in [-0.2, 0) is 6.54 Å². The minimum atomic E-state index is -0.154. The predicted octanol–water partition coefficient (Wildman–Crippen LogP) is 2.23. The number of aryl methyl sites for hydroxylation is 2. The molecule has 24 heavy (non-hydrogen) atoms. The lowest BCUT2D eigenvalue weighted by Gasteiger charge is -2.07. The average Bonchev–Trinajstić information content (AvgIpc) is 3.08. The number of nitrogens with one attached hydrogen (secondary N) is 1. The molecule has 0 spiro atoms. The number of aromatic nitrogens is 5.